The standard InChI is InChI=1S/C23H26N2O2/c1-16-13-17(2)15-19(14-16)23(27)24-11-9-20(10-12-24)25-21-6-4-3-5-18(21)7-8-22(25)26/h3-6,13-15,20H,7-12H2,1-2H3. The van der Waals surface area contributed by atoms with Crippen molar-refractivity contribution in [3.8, 4) is 0 Å². The van der Waals surface area contributed by atoms with Crippen molar-refractivity contribution in [1.82, 2.24) is 4.90 Å². The first-order chi connectivity index (χ1) is 13.0. The molecule has 0 saturated carbocycles. The maximum absolute atomic E-state index is 12.9. The molecular formula is C23H26N2O2. The molecule has 2 aliphatic heterocycles. The van der Waals surface area contributed by atoms with Crippen LogP contribution < -0.4 is 4.90 Å². The molecule has 4 nitrogen and oxygen atoms in total. The van der Waals surface area contributed by atoms with Gasteiger partial charge in [-0.1, -0.05) is 35.4 Å². The summed E-state index contributed by atoms with van der Waals surface area (Å²) in [4.78, 5) is 29.4. The van der Waals surface area contributed by atoms with Crippen LogP contribution in [0.4, 0.5) is 5.69 Å². The second-order valence-corrected chi connectivity index (χ2v) is 7.79. The highest BCUT2D eigenvalue weighted by Crippen LogP contribution is 2.32. The van der Waals surface area contributed by atoms with Crippen LogP contribution in [0.5, 0.6) is 0 Å². The van der Waals surface area contributed by atoms with Gasteiger partial charge in [-0.2, -0.15) is 0 Å². The Balaban J connectivity index is 1.48. The Bertz CT molecular complexity index is 861. The number of likely N-dealkylation sites (tertiary alicyclic amines) is 1. The minimum absolute atomic E-state index is 0.102. The van der Waals surface area contributed by atoms with Gasteiger partial charge >= 0.3 is 0 Å². The average molecular weight is 362 g/mol. The van der Waals surface area contributed by atoms with Gasteiger partial charge in [0.2, 0.25) is 5.91 Å². The van der Waals surface area contributed by atoms with Crippen molar-refractivity contribution in [1.29, 1.82) is 0 Å². The summed E-state index contributed by atoms with van der Waals surface area (Å²) in [5, 5.41) is 0. The predicted molar refractivity (Wildman–Crippen MR) is 107 cm³/mol. The maximum Gasteiger partial charge on any atom is 0.253 e. The summed E-state index contributed by atoms with van der Waals surface area (Å²) in [7, 11) is 0. The number of hydrogen-bond acceptors (Lipinski definition) is 2. The zero-order valence-corrected chi connectivity index (χ0v) is 16.1. The van der Waals surface area contributed by atoms with Crippen LogP contribution >= 0.6 is 0 Å². The average Bonchev–Trinajstić information content (AvgIpc) is 2.67. The Hall–Kier alpha value is -2.62. The maximum atomic E-state index is 12.9. The van der Waals surface area contributed by atoms with Crippen molar-refractivity contribution in [2.24, 2.45) is 0 Å². The monoisotopic (exact) mass is 362 g/mol. The molecule has 140 valence electrons. The molecule has 0 aromatic heterocycles. The fraction of sp³-hybridized carbons (Fsp3) is 0.391. The number of nitrogens with zero attached hydrogens (tertiary/aromatic N) is 2. The zero-order chi connectivity index (χ0) is 19.0. The Morgan fingerprint density at radius 1 is 0.963 bits per heavy atom. The third-order valence-corrected chi connectivity index (χ3v) is 5.71. The summed E-state index contributed by atoms with van der Waals surface area (Å²) in [6, 6.07) is 14.4. The Kier molecular flexibility index (Phi) is 4.73. The van der Waals surface area contributed by atoms with E-state index < -0.39 is 0 Å². The van der Waals surface area contributed by atoms with E-state index in [1.165, 1.54) is 5.56 Å². The van der Waals surface area contributed by atoms with Crippen molar-refractivity contribution in [2.45, 2.75) is 45.6 Å². The van der Waals surface area contributed by atoms with Crippen molar-refractivity contribution < 1.29 is 9.59 Å². The van der Waals surface area contributed by atoms with E-state index in [2.05, 4.69) is 18.2 Å². The second-order valence-electron chi connectivity index (χ2n) is 7.79. The second kappa shape index (κ2) is 7.18. The van der Waals surface area contributed by atoms with Crippen molar-refractivity contribution in [3.05, 3.63) is 64.7 Å². The van der Waals surface area contributed by atoms with E-state index in [9.17, 15) is 9.59 Å². The Morgan fingerprint density at radius 3 is 2.33 bits per heavy atom. The Morgan fingerprint density at radius 2 is 1.63 bits per heavy atom. The fourth-order valence-corrected chi connectivity index (χ4v) is 4.46. The normalized spacial score (nSPS) is 17.8. The first-order valence-corrected chi connectivity index (χ1v) is 9.80. The number of hydrogen-bond donors (Lipinski definition) is 0. The molecule has 2 aromatic rings. The van der Waals surface area contributed by atoms with Crippen molar-refractivity contribution in [3.63, 3.8) is 0 Å². The van der Waals surface area contributed by atoms with Crippen LogP contribution in [0.15, 0.2) is 42.5 Å². The molecule has 0 radical (unpaired) electrons. The molecule has 0 atom stereocenters. The van der Waals surface area contributed by atoms with Crippen LogP contribution in [0, 0.1) is 13.8 Å². The minimum atomic E-state index is 0.102. The van der Waals surface area contributed by atoms with Crippen LogP contribution in [-0.4, -0.2) is 35.8 Å². The predicted octanol–water partition coefficient (Wildman–Crippen LogP) is 3.89. The number of carbonyl (C=O) groups is 2. The summed E-state index contributed by atoms with van der Waals surface area (Å²) in [5.41, 5.74) is 5.32. The van der Waals surface area contributed by atoms with Gasteiger partial charge < -0.3 is 9.80 Å². The first kappa shape index (κ1) is 17.8. The molecule has 1 fully saturated rings. The lowest BCUT2D eigenvalue weighted by Gasteiger charge is -2.41. The first-order valence-electron chi connectivity index (χ1n) is 9.80. The van der Waals surface area contributed by atoms with Crippen molar-refractivity contribution in [2.75, 3.05) is 18.0 Å². The van der Waals surface area contributed by atoms with Crippen molar-refractivity contribution >= 4 is 17.5 Å². The lowest BCUT2D eigenvalue weighted by Crippen LogP contribution is -2.50. The van der Waals surface area contributed by atoms with E-state index in [4.69, 9.17) is 0 Å². The molecular weight excluding hydrogens is 336 g/mol. The Labute approximate surface area is 160 Å². The summed E-state index contributed by atoms with van der Waals surface area (Å²) < 4.78 is 0. The highest BCUT2D eigenvalue weighted by Gasteiger charge is 2.33. The molecule has 2 aromatic carbocycles. The summed E-state index contributed by atoms with van der Waals surface area (Å²) in [5.74, 6) is 0.318. The molecule has 2 aliphatic rings. The van der Waals surface area contributed by atoms with Gasteiger partial charge in [-0.05, 0) is 56.9 Å². The van der Waals surface area contributed by atoms with Crippen LogP contribution in [0.2, 0.25) is 0 Å². The van der Waals surface area contributed by atoms with Gasteiger partial charge in [0.15, 0.2) is 0 Å². The quantitative estimate of drug-likeness (QED) is 0.813. The lowest BCUT2D eigenvalue weighted by atomic mass is 9.95. The van der Waals surface area contributed by atoms with Gasteiger partial charge in [0.05, 0.1) is 0 Å². The van der Waals surface area contributed by atoms with E-state index in [1.807, 2.05) is 47.9 Å². The van der Waals surface area contributed by atoms with E-state index in [0.717, 1.165) is 41.6 Å². The van der Waals surface area contributed by atoms with Crippen LogP contribution in [0.1, 0.15) is 46.3 Å². The molecule has 0 unspecified atom stereocenters. The SMILES string of the molecule is Cc1cc(C)cc(C(=O)N2CCC(N3C(=O)CCc4ccccc43)CC2)c1. The number of carbonyl (C=O) groups excluding carboxylic acids is 2. The molecule has 0 spiro atoms. The molecule has 0 bridgehead atoms. The van der Waals surface area contributed by atoms with E-state index in [1.54, 1.807) is 0 Å². The highest BCUT2D eigenvalue weighted by molar-refractivity contribution is 5.97. The molecule has 4 rings (SSSR count). The zero-order valence-electron chi connectivity index (χ0n) is 16.1. The topological polar surface area (TPSA) is 40.6 Å². The third-order valence-electron chi connectivity index (χ3n) is 5.71. The number of piperidine rings is 1. The van der Waals surface area contributed by atoms with E-state index in [0.29, 0.717) is 19.5 Å². The number of fused-ring (bicyclic) bond motifs is 1. The number of para-hydroxylation sites is 1. The fourth-order valence-electron chi connectivity index (χ4n) is 4.46. The molecule has 27 heavy (non-hydrogen) atoms. The van der Waals surface area contributed by atoms with Gasteiger partial charge in [0.1, 0.15) is 0 Å². The highest BCUT2D eigenvalue weighted by atomic mass is 16.2. The number of amides is 2. The summed E-state index contributed by atoms with van der Waals surface area (Å²) in [6.07, 6.45) is 3.07. The number of benzene rings is 2. The largest absolute Gasteiger partial charge is 0.338 e. The van der Waals surface area contributed by atoms with Crippen LogP contribution in [0.3, 0.4) is 0 Å². The van der Waals surface area contributed by atoms with Gasteiger partial charge in [0, 0.05) is 36.8 Å². The molecule has 4 heteroatoms. The number of anilines is 1. The van der Waals surface area contributed by atoms with Gasteiger partial charge in [-0.15, -0.1) is 0 Å². The van der Waals surface area contributed by atoms with E-state index in [-0.39, 0.29) is 17.9 Å². The van der Waals surface area contributed by atoms with Crippen LogP contribution in [-0.2, 0) is 11.2 Å². The smallest absolute Gasteiger partial charge is 0.253 e. The van der Waals surface area contributed by atoms with Gasteiger partial charge in [-0.25, -0.2) is 0 Å². The number of aryl methyl sites for hydroxylation is 3. The van der Waals surface area contributed by atoms with Gasteiger partial charge in [-0.3, -0.25) is 9.59 Å². The minimum Gasteiger partial charge on any atom is -0.338 e. The summed E-state index contributed by atoms with van der Waals surface area (Å²) in [6.45, 7) is 5.44. The lowest BCUT2D eigenvalue weighted by molar-refractivity contribution is -0.119. The number of rotatable bonds is 2. The summed E-state index contributed by atoms with van der Waals surface area (Å²) >= 11 is 0. The van der Waals surface area contributed by atoms with E-state index >= 15 is 0 Å². The molecule has 1 saturated heterocycles. The molecule has 2 amide bonds. The third kappa shape index (κ3) is 3.48. The molecule has 2 heterocycles. The molecule has 0 aliphatic carbocycles. The molecule has 0 N–H and O–H groups in total. The van der Waals surface area contributed by atoms with Crippen LogP contribution in [0.25, 0.3) is 0 Å². The van der Waals surface area contributed by atoms with Gasteiger partial charge in [0.25, 0.3) is 5.91 Å².